The molecule has 0 unspecified atom stereocenters. The molecular weight excluding hydrogens is 400 g/mol. The number of ether oxygens (including phenoxy) is 1. The fraction of sp³-hybridized carbons (Fsp3) is 0.917. The van der Waals surface area contributed by atoms with Crippen molar-refractivity contribution in [3.63, 3.8) is 0 Å². The van der Waals surface area contributed by atoms with Crippen molar-refractivity contribution in [2.45, 2.75) is 116 Å². The zero-order chi connectivity index (χ0) is 22.8. The molecule has 0 bridgehead atoms. The van der Waals surface area contributed by atoms with Gasteiger partial charge < -0.3 is 4.74 Å². The molecule has 0 spiro atoms. The summed E-state index contributed by atoms with van der Waals surface area (Å²) < 4.78 is 5.14. The average molecular weight is 447 g/mol. The summed E-state index contributed by atoms with van der Waals surface area (Å²) in [6.07, 6.45) is 13.4. The number of hydrogen-bond acceptors (Lipinski definition) is 7. The number of methoxy groups -OCH3 is 1. The van der Waals surface area contributed by atoms with Crippen LogP contribution >= 0.6 is 0 Å². The summed E-state index contributed by atoms with van der Waals surface area (Å²) in [4.78, 5) is 33.2. The third-order valence-corrected chi connectivity index (χ3v) is 5.36. The highest BCUT2D eigenvalue weighted by atomic mass is 17.3. The van der Waals surface area contributed by atoms with E-state index in [0.717, 1.165) is 50.5 Å². The van der Waals surface area contributed by atoms with Crippen LogP contribution < -0.4 is 0 Å². The highest BCUT2D eigenvalue weighted by Gasteiger charge is 2.35. The summed E-state index contributed by atoms with van der Waals surface area (Å²) in [6, 6.07) is 0. The Labute approximate surface area is 189 Å². The van der Waals surface area contributed by atoms with Crippen molar-refractivity contribution in [1.82, 2.24) is 0 Å². The van der Waals surface area contributed by atoms with E-state index in [1.165, 1.54) is 38.5 Å². The Morgan fingerprint density at radius 1 is 0.774 bits per heavy atom. The van der Waals surface area contributed by atoms with Gasteiger partial charge in [-0.2, -0.15) is 9.78 Å². The number of hydrogen-bond donors (Lipinski definition) is 0. The van der Waals surface area contributed by atoms with E-state index in [0.29, 0.717) is 19.8 Å². The quantitative estimate of drug-likeness (QED) is 0.0926. The van der Waals surface area contributed by atoms with E-state index in [-0.39, 0.29) is 0 Å². The van der Waals surface area contributed by atoms with Gasteiger partial charge in [0.2, 0.25) is 5.79 Å². The second-order valence-corrected chi connectivity index (χ2v) is 8.97. The molecule has 31 heavy (non-hydrogen) atoms. The van der Waals surface area contributed by atoms with E-state index in [9.17, 15) is 0 Å². The number of rotatable bonds is 15. The van der Waals surface area contributed by atoms with Crippen molar-refractivity contribution >= 4 is 0 Å². The Morgan fingerprint density at radius 3 is 1.77 bits per heavy atom. The zero-order valence-electron chi connectivity index (χ0n) is 20.4. The lowest BCUT2D eigenvalue weighted by Crippen LogP contribution is -2.37. The maximum absolute atomic E-state index is 5.87. The van der Waals surface area contributed by atoms with Gasteiger partial charge in [0.1, 0.15) is 0 Å². The van der Waals surface area contributed by atoms with Gasteiger partial charge in [0.05, 0.1) is 19.8 Å². The second kappa shape index (κ2) is 17.0. The summed E-state index contributed by atoms with van der Waals surface area (Å²) in [5.74, 6) is -1.59. The van der Waals surface area contributed by atoms with Crippen LogP contribution in [0.4, 0.5) is 0 Å². The van der Waals surface area contributed by atoms with E-state index >= 15 is 0 Å². The lowest BCUT2D eigenvalue weighted by atomic mass is 10.0. The molecule has 0 aromatic carbocycles. The first-order valence-electron chi connectivity index (χ1n) is 12.0. The highest BCUT2D eigenvalue weighted by molar-refractivity contribution is 4.86. The third-order valence-electron chi connectivity index (χ3n) is 5.36. The van der Waals surface area contributed by atoms with Gasteiger partial charge in [-0.25, -0.2) is 19.6 Å². The molecule has 1 saturated carbocycles. The van der Waals surface area contributed by atoms with Gasteiger partial charge in [0.15, 0.2) is 5.79 Å². The summed E-state index contributed by atoms with van der Waals surface area (Å²) >= 11 is 0. The number of unbranched alkanes of at least 4 members (excludes halogenated alkanes) is 1. The Bertz CT molecular complexity index is 441. The molecule has 1 rings (SSSR count). The van der Waals surface area contributed by atoms with E-state index in [1.54, 1.807) is 21.0 Å². The van der Waals surface area contributed by atoms with Crippen LogP contribution in [0.3, 0.4) is 0 Å². The lowest BCUT2D eigenvalue weighted by molar-refractivity contribution is -0.514. The normalized spacial score (nSPS) is 18.5. The molecule has 7 nitrogen and oxygen atoms in total. The minimum absolute atomic E-state index is 0.452. The van der Waals surface area contributed by atoms with Crippen LogP contribution in [-0.2, 0) is 34.1 Å². The summed E-state index contributed by atoms with van der Waals surface area (Å²) in [5.41, 5.74) is 1.07. The van der Waals surface area contributed by atoms with Crippen molar-refractivity contribution in [2.24, 2.45) is 0 Å². The van der Waals surface area contributed by atoms with Crippen LogP contribution in [0.1, 0.15) is 104 Å². The first-order chi connectivity index (χ1) is 14.9. The lowest BCUT2D eigenvalue weighted by Gasteiger charge is -2.31. The molecule has 0 aliphatic heterocycles. The van der Waals surface area contributed by atoms with E-state index in [4.69, 9.17) is 34.1 Å². The van der Waals surface area contributed by atoms with Crippen molar-refractivity contribution in [1.29, 1.82) is 0 Å². The summed E-state index contributed by atoms with van der Waals surface area (Å²) in [6.45, 7) is 10.9. The van der Waals surface area contributed by atoms with Crippen molar-refractivity contribution in [3.05, 3.63) is 12.2 Å². The molecule has 1 fully saturated rings. The van der Waals surface area contributed by atoms with Crippen molar-refractivity contribution in [3.8, 4) is 0 Å². The van der Waals surface area contributed by atoms with Gasteiger partial charge >= 0.3 is 0 Å². The second-order valence-electron chi connectivity index (χ2n) is 8.97. The molecule has 1 aliphatic rings. The largest absolute Gasteiger partial charge is 0.351 e. The molecule has 184 valence electrons. The molecule has 0 atom stereocenters. The molecule has 0 N–H and O–H groups in total. The molecule has 0 saturated heterocycles. The summed E-state index contributed by atoms with van der Waals surface area (Å²) in [7, 11) is 1.58. The minimum atomic E-state index is -0.846. The molecule has 0 aromatic heterocycles. The highest BCUT2D eigenvalue weighted by Crippen LogP contribution is 2.30. The van der Waals surface area contributed by atoms with Gasteiger partial charge in [-0.05, 0) is 52.9 Å². The molecule has 0 aromatic rings. The van der Waals surface area contributed by atoms with Gasteiger partial charge in [-0.15, -0.1) is 6.58 Å². The predicted molar refractivity (Wildman–Crippen MR) is 120 cm³/mol. The van der Waals surface area contributed by atoms with Gasteiger partial charge in [0.25, 0.3) is 0 Å². The fourth-order valence-corrected chi connectivity index (χ4v) is 3.21. The Balaban J connectivity index is 2.41. The SMILES string of the molecule is C=C(C)CCOOC1(OOCCCCOOC(C)(C)OC)CCCCCCCCCC1. The molecule has 0 heterocycles. The van der Waals surface area contributed by atoms with Crippen LogP contribution in [-0.4, -0.2) is 38.5 Å². The van der Waals surface area contributed by atoms with Crippen LogP contribution in [0.5, 0.6) is 0 Å². The van der Waals surface area contributed by atoms with Gasteiger partial charge in [-0.3, -0.25) is 0 Å². The van der Waals surface area contributed by atoms with E-state index in [2.05, 4.69) is 6.58 Å². The third kappa shape index (κ3) is 15.0. The van der Waals surface area contributed by atoms with E-state index in [1.807, 2.05) is 6.92 Å². The van der Waals surface area contributed by atoms with Gasteiger partial charge in [0, 0.05) is 20.0 Å². The van der Waals surface area contributed by atoms with E-state index < -0.39 is 11.6 Å². The van der Waals surface area contributed by atoms with Crippen LogP contribution in [0.25, 0.3) is 0 Å². The zero-order valence-corrected chi connectivity index (χ0v) is 20.4. The van der Waals surface area contributed by atoms with Gasteiger partial charge in [-0.1, -0.05) is 44.1 Å². The van der Waals surface area contributed by atoms with Crippen molar-refractivity contribution < 1.29 is 34.1 Å². The summed E-state index contributed by atoms with van der Waals surface area (Å²) in [5, 5.41) is 0. The molecule has 0 radical (unpaired) electrons. The van der Waals surface area contributed by atoms with Crippen LogP contribution in [0, 0.1) is 0 Å². The molecule has 7 heteroatoms. The Kier molecular flexibility index (Phi) is 15.6. The monoisotopic (exact) mass is 446 g/mol. The molecule has 0 amide bonds. The minimum Gasteiger partial charge on any atom is -0.351 e. The van der Waals surface area contributed by atoms with Crippen LogP contribution in [0.15, 0.2) is 12.2 Å². The molecular formula is C24H46O7. The first kappa shape index (κ1) is 28.5. The molecule has 1 aliphatic carbocycles. The Morgan fingerprint density at radius 2 is 1.26 bits per heavy atom. The maximum atomic E-state index is 5.87. The van der Waals surface area contributed by atoms with Crippen LogP contribution in [0.2, 0.25) is 0 Å². The Hall–Kier alpha value is -0.540. The van der Waals surface area contributed by atoms with Crippen molar-refractivity contribution in [2.75, 3.05) is 26.9 Å². The first-order valence-corrected chi connectivity index (χ1v) is 12.0. The fourth-order valence-electron chi connectivity index (χ4n) is 3.21. The predicted octanol–water partition coefficient (Wildman–Crippen LogP) is 6.57. The maximum Gasteiger partial charge on any atom is 0.233 e. The standard InChI is InChI=1S/C24H46O7/c1-22(2)16-21-28-31-24(17-12-10-8-6-7-9-11-13-18-24)30-27-20-15-14-19-26-29-23(3,4)25-5/h1,6-21H2,2-5H3. The topological polar surface area (TPSA) is 64.6 Å². The average Bonchev–Trinajstić information content (AvgIpc) is 2.79. The smallest absolute Gasteiger partial charge is 0.233 e.